The van der Waals surface area contributed by atoms with Crippen LogP contribution in [0.2, 0.25) is 0 Å². The highest BCUT2D eigenvalue weighted by molar-refractivity contribution is 7.99. The van der Waals surface area contributed by atoms with Crippen molar-refractivity contribution in [2.75, 3.05) is 25.2 Å². The Kier molecular flexibility index (Phi) is 6.89. The highest BCUT2D eigenvalue weighted by Crippen LogP contribution is 2.10. The zero-order chi connectivity index (χ0) is 12.5. The lowest BCUT2D eigenvalue weighted by Crippen LogP contribution is -2.00. The van der Waals surface area contributed by atoms with E-state index in [9.17, 15) is 9.18 Å². The molecule has 0 radical (unpaired) electrons. The Morgan fingerprint density at radius 3 is 2.65 bits per heavy atom. The summed E-state index contributed by atoms with van der Waals surface area (Å²) in [6.07, 6.45) is 1.37. The van der Waals surface area contributed by atoms with Crippen molar-refractivity contribution in [1.29, 1.82) is 0 Å². The quantitative estimate of drug-likeness (QED) is 0.528. The average Bonchev–Trinajstić information content (AvgIpc) is 2.34. The van der Waals surface area contributed by atoms with Crippen molar-refractivity contribution in [3.63, 3.8) is 0 Å². The summed E-state index contributed by atoms with van der Waals surface area (Å²) in [6, 6.07) is 5.71. The van der Waals surface area contributed by atoms with Crippen molar-refractivity contribution in [3.8, 4) is 0 Å². The minimum Gasteiger partial charge on any atom is -0.384 e. The normalized spacial score (nSPS) is 10.5. The van der Waals surface area contributed by atoms with Gasteiger partial charge in [-0.2, -0.15) is 11.8 Å². The molecule has 0 atom stereocenters. The Morgan fingerprint density at radius 1 is 1.29 bits per heavy atom. The van der Waals surface area contributed by atoms with Crippen LogP contribution in [0.25, 0.3) is 0 Å². The number of hydrogen-bond acceptors (Lipinski definition) is 3. The minimum absolute atomic E-state index is 0.0809. The van der Waals surface area contributed by atoms with Gasteiger partial charge in [-0.05, 0) is 36.4 Å². The molecule has 0 aromatic heterocycles. The molecule has 1 aromatic carbocycles. The predicted molar refractivity (Wildman–Crippen MR) is 69.2 cm³/mol. The molecule has 0 saturated heterocycles. The number of benzene rings is 1. The maximum Gasteiger partial charge on any atom is 0.162 e. The van der Waals surface area contributed by atoms with Crippen LogP contribution >= 0.6 is 11.8 Å². The number of thioether (sulfide) groups is 1. The predicted octanol–water partition coefficient (Wildman–Crippen LogP) is 3.17. The van der Waals surface area contributed by atoms with Gasteiger partial charge < -0.3 is 4.74 Å². The topological polar surface area (TPSA) is 26.3 Å². The Balaban J connectivity index is 2.19. The standard InChI is InChI=1S/C13H17FO2S/c1-16-8-10-17-9-2-3-13(15)11-4-6-12(14)7-5-11/h4-7H,2-3,8-10H2,1H3. The molecule has 0 bridgehead atoms. The number of ether oxygens (including phenoxy) is 1. The van der Waals surface area contributed by atoms with Gasteiger partial charge in [0.25, 0.3) is 0 Å². The lowest BCUT2D eigenvalue weighted by molar-refractivity contribution is 0.0982. The zero-order valence-electron chi connectivity index (χ0n) is 9.95. The third-order valence-electron chi connectivity index (χ3n) is 2.29. The smallest absolute Gasteiger partial charge is 0.162 e. The third-order valence-corrected chi connectivity index (χ3v) is 3.32. The van der Waals surface area contributed by atoms with Gasteiger partial charge in [0.15, 0.2) is 5.78 Å². The van der Waals surface area contributed by atoms with Crippen molar-refractivity contribution < 1.29 is 13.9 Å². The number of carbonyl (C=O) groups excluding carboxylic acids is 1. The van der Waals surface area contributed by atoms with E-state index in [-0.39, 0.29) is 11.6 Å². The van der Waals surface area contributed by atoms with E-state index in [2.05, 4.69) is 0 Å². The van der Waals surface area contributed by atoms with Crippen LogP contribution in [0.15, 0.2) is 24.3 Å². The number of ketones is 1. The summed E-state index contributed by atoms with van der Waals surface area (Å²) in [5, 5.41) is 0. The number of rotatable bonds is 8. The Hall–Kier alpha value is -0.870. The maximum atomic E-state index is 12.6. The molecule has 1 rings (SSSR count). The van der Waals surface area contributed by atoms with E-state index in [1.165, 1.54) is 24.3 Å². The first-order valence-electron chi connectivity index (χ1n) is 5.59. The molecule has 17 heavy (non-hydrogen) atoms. The van der Waals surface area contributed by atoms with E-state index in [1.54, 1.807) is 18.9 Å². The fraction of sp³-hybridized carbons (Fsp3) is 0.462. The molecule has 0 heterocycles. The lowest BCUT2D eigenvalue weighted by Gasteiger charge is -2.02. The summed E-state index contributed by atoms with van der Waals surface area (Å²) in [5.74, 6) is 1.69. The van der Waals surface area contributed by atoms with Crippen LogP contribution < -0.4 is 0 Å². The van der Waals surface area contributed by atoms with Crippen molar-refractivity contribution >= 4 is 17.5 Å². The van der Waals surface area contributed by atoms with E-state index in [4.69, 9.17) is 4.74 Å². The largest absolute Gasteiger partial charge is 0.384 e. The molecule has 0 N–H and O–H groups in total. The molecule has 0 unspecified atom stereocenters. The summed E-state index contributed by atoms with van der Waals surface area (Å²) in [7, 11) is 1.68. The minimum atomic E-state index is -0.309. The number of Topliss-reactive ketones (excluding diaryl/α,β-unsaturated/α-hetero) is 1. The van der Waals surface area contributed by atoms with Crippen LogP contribution in [0.5, 0.6) is 0 Å². The highest BCUT2D eigenvalue weighted by Gasteiger charge is 2.05. The van der Waals surface area contributed by atoms with Gasteiger partial charge in [0, 0.05) is 24.8 Å². The van der Waals surface area contributed by atoms with Gasteiger partial charge in [-0.1, -0.05) is 0 Å². The van der Waals surface area contributed by atoms with Crippen LogP contribution in [0.4, 0.5) is 4.39 Å². The molecule has 0 aliphatic rings. The molecule has 2 nitrogen and oxygen atoms in total. The van der Waals surface area contributed by atoms with Crippen molar-refractivity contribution in [2.24, 2.45) is 0 Å². The van der Waals surface area contributed by atoms with Crippen molar-refractivity contribution in [2.45, 2.75) is 12.8 Å². The molecule has 0 aliphatic carbocycles. The average molecular weight is 256 g/mol. The van der Waals surface area contributed by atoms with Gasteiger partial charge >= 0.3 is 0 Å². The number of halogens is 1. The van der Waals surface area contributed by atoms with Crippen LogP contribution in [-0.4, -0.2) is 31.0 Å². The van der Waals surface area contributed by atoms with Gasteiger partial charge in [0.1, 0.15) is 5.82 Å². The summed E-state index contributed by atoms with van der Waals surface area (Å²) in [4.78, 5) is 11.7. The van der Waals surface area contributed by atoms with E-state index in [0.29, 0.717) is 12.0 Å². The number of hydrogen-bond donors (Lipinski definition) is 0. The Labute approximate surface area is 106 Å². The molecule has 0 fully saturated rings. The number of carbonyl (C=O) groups is 1. The highest BCUT2D eigenvalue weighted by atomic mass is 32.2. The fourth-order valence-electron chi connectivity index (χ4n) is 1.36. The number of methoxy groups -OCH3 is 1. The van der Waals surface area contributed by atoms with Crippen LogP contribution in [0.1, 0.15) is 23.2 Å². The second-order valence-electron chi connectivity index (χ2n) is 3.64. The molecule has 0 amide bonds. The van der Waals surface area contributed by atoms with E-state index in [0.717, 1.165) is 24.5 Å². The maximum absolute atomic E-state index is 12.6. The Bertz CT molecular complexity index is 338. The van der Waals surface area contributed by atoms with Crippen molar-refractivity contribution in [3.05, 3.63) is 35.6 Å². The van der Waals surface area contributed by atoms with Gasteiger partial charge in [-0.3, -0.25) is 4.79 Å². The van der Waals surface area contributed by atoms with Gasteiger partial charge in [-0.15, -0.1) is 0 Å². The van der Waals surface area contributed by atoms with Crippen LogP contribution in [0.3, 0.4) is 0 Å². The van der Waals surface area contributed by atoms with Gasteiger partial charge in [0.05, 0.1) is 6.61 Å². The first-order valence-corrected chi connectivity index (χ1v) is 6.75. The summed E-state index contributed by atoms with van der Waals surface area (Å²) >= 11 is 1.78. The molecule has 0 aliphatic heterocycles. The summed E-state index contributed by atoms with van der Waals surface area (Å²) in [5.41, 5.74) is 0.591. The SMILES string of the molecule is COCCSCCCC(=O)c1ccc(F)cc1. The van der Waals surface area contributed by atoms with E-state index >= 15 is 0 Å². The zero-order valence-corrected chi connectivity index (χ0v) is 10.8. The summed E-state index contributed by atoms with van der Waals surface area (Å²) < 4.78 is 17.6. The second-order valence-corrected chi connectivity index (χ2v) is 4.86. The molecule has 94 valence electrons. The molecule has 1 aromatic rings. The molecular weight excluding hydrogens is 239 g/mol. The van der Waals surface area contributed by atoms with Gasteiger partial charge in [0.2, 0.25) is 0 Å². The van der Waals surface area contributed by atoms with E-state index < -0.39 is 0 Å². The monoisotopic (exact) mass is 256 g/mol. The Morgan fingerprint density at radius 2 is 2.00 bits per heavy atom. The van der Waals surface area contributed by atoms with Crippen LogP contribution in [-0.2, 0) is 4.74 Å². The van der Waals surface area contributed by atoms with E-state index in [1.807, 2.05) is 0 Å². The third kappa shape index (κ3) is 5.84. The molecular formula is C13H17FO2S. The van der Waals surface area contributed by atoms with Crippen LogP contribution in [0, 0.1) is 5.82 Å². The first-order chi connectivity index (χ1) is 8.24. The lowest BCUT2D eigenvalue weighted by atomic mass is 10.1. The molecule has 4 heteroatoms. The van der Waals surface area contributed by atoms with Crippen molar-refractivity contribution in [1.82, 2.24) is 0 Å². The molecule has 0 saturated carbocycles. The second kappa shape index (κ2) is 8.25. The fourth-order valence-corrected chi connectivity index (χ4v) is 2.20. The first kappa shape index (κ1) is 14.2. The summed E-state index contributed by atoms with van der Waals surface area (Å²) in [6.45, 7) is 0.747. The van der Waals surface area contributed by atoms with Gasteiger partial charge in [-0.25, -0.2) is 4.39 Å². The molecule has 0 spiro atoms.